The highest BCUT2D eigenvalue weighted by atomic mass is 16.5. The Labute approximate surface area is 89.7 Å². The molecule has 82 valence electrons. The summed E-state index contributed by atoms with van der Waals surface area (Å²) in [7, 11) is 0. The molecule has 0 aromatic heterocycles. The lowest BCUT2D eigenvalue weighted by Gasteiger charge is -2.13. The molecular weight excluding hydrogens is 192 g/mol. The van der Waals surface area contributed by atoms with Crippen LogP contribution in [0.2, 0.25) is 0 Å². The number of aliphatic hydroxyl groups is 1. The van der Waals surface area contributed by atoms with Crippen molar-refractivity contribution in [3.05, 3.63) is 29.8 Å². The summed E-state index contributed by atoms with van der Waals surface area (Å²) >= 11 is 0. The van der Waals surface area contributed by atoms with Crippen molar-refractivity contribution in [2.45, 2.75) is 26.4 Å². The van der Waals surface area contributed by atoms with E-state index in [2.05, 4.69) is 0 Å². The maximum Gasteiger partial charge on any atom is 0.165 e. The van der Waals surface area contributed by atoms with Crippen LogP contribution in [0.5, 0.6) is 5.75 Å². The van der Waals surface area contributed by atoms with Crippen molar-refractivity contribution in [1.29, 1.82) is 0 Å². The monoisotopic (exact) mass is 208 g/mol. The molecule has 0 spiro atoms. The minimum atomic E-state index is -1.07. The van der Waals surface area contributed by atoms with Gasteiger partial charge in [0.1, 0.15) is 11.9 Å². The first-order valence-corrected chi connectivity index (χ1v) is 5.13. The number of aliphatic hydroxyl groups excluding tert-OH is 1. The van der Waals surface area contributed by atoms with Crippen LogP contribution in [0.15, 0.2) is 24.3 Å². The first-order chi connectivity index (χ1) is 7.20. The lowest BCUT2D eigenvalue weighted by atomic mass is 10.0. The molecule has 0 saturated heterocycles. The lowest BCUT2D eigenvalue weighted by Crippen LogP contribution is -2.12. The summed E-state index contributed by atoms with van der Waals surface area (Å²) in [5.74, 6) is 0.386. The second-order valence-electron chi connectivity index (χ2n) is 3.19. The number of carbonyl (C=O) groups excluding carboxylic acids is 1. The molecule has 3 nitrogen and oxygen atoms in total. The minimum absolute atomic E-state index is 0.192. The molecular formula is C12H16O3. The van der Waals surface area contributed by atoms with Crippen LogP contribution in [0.1, 0.15) is 31.9 Å². The van der Waals surface area contributed by atoms with Gasteiger partial charge in [-0.25, -0.2) is 0 Å². The maximum absolute atomic E-state index is 11.4. The van der Waals surface area contributed by atoms with E-state index in [-0.39, 0.29) is 5.78 Å². The summed E-state index contributed by atoms with van der Waals surface area (Å²) in [5, 5.41) is 9.77. The number of para-hydroxylation sites is 1. The Morgan fingerprint density at radius 2 is 2.07 bits per heavy atom. The molecule has 0 amide bonds. The van der Waals surface area contributed by atoms with Gasteiger partial charge in [0, 0.05) is 12.0 Å². The molecule has 0 saturated carbocycles. The van der Waals surface area contributed by atoms with Gasteiger partial charge < -0.3 is 9.84 Å². The zero-order valence-corrected chi connectivity index (χ0v) is 9.06. The van der Waals surface area contributed by atoms with Crippen molar-refractivity contribution in [3.63, 3.8) is 0 Å². The van der Waals surface area contributed by atoms with Gasteiger partial charge in [-0.1, -0.05) is 25.1 Å². The average molecular weight is 208 g/mol. The fourth-order valence-electron chi connectivity index (χ4n) is 1.36. The zero-order valence-electron chi connectivity index (χ0n) is 9.06. The fourth-order valence-corrected chi connectivity index (χ4v) is 1.36. The molecule has 15 heavy (non-hydrogen) atoms. The zero-order chi connectivity index (χ0) is 11.3. The molecule has 0 radical (unpaired) electrons. The quantitative estimate of drug-likeness (QED) is 0.806. The van der Waals surface area contributed by atoms with E-state index in [1.165, 1.54) is 0 Å². The van der Waals surface area contributed by atoms with Crippen molar-refractivity contribution in [3.8, 4) is 5.75 Å². The Morgan fingerprint density at radius 3 is 2.67 bits per heavy atom. The predicted molar refractivity (Wildman–Crippen MR) is 57.9 cm³/mol. The van der Waals surface area contributed by atoms with Crippen molar-refractivity contribution in [2.24, 2.45) is 0 Å². The largest absolute Gasteiger partial charge is 0.493 e. The number of hydrogen-bond donors (Lipinski definition) is 1. The molecule has 0 bridgehead atoms. The van der Waals surface area contributed by atoms with Gasteiger partial charge in [0.25, 0.3) is 0 Å². The number of rotatable bonds is 5. The van der Waals surface area contributed by atoms with E-state index in [0.29, 0.717) is 24.3 Å². The number of ether oxygens (including phenoxy) is 1. The van der Waals surface area contributed by atoms with Crippen molar-refractivity contribution < 1.29 is 14.6 Å². The standard InChI is InChI=1S/C12H16O3/c1-3-10(13)12(14)9-7-5-6-8-11(9)15-4-2/h5-8,12,14H,3-4H2,1-2H3. The van der Waals surface area contributed by atoms with Crippen LogP contribution in [-0.2, 0) is 4.79 Å². The number of ketones is 1. The summed E-state index contributed by atoms with van der Waals surface area (Å²) in [6.45, 7) is 4.11. The molecule has 3 heteroatoms. The second kappa shape index (κ2) is 5.51. The second-order valence-corrected chi connectivity index (χ2v) is 3.19. The molecule has 0 heterocycles. The highest BCUT2D eigenvalue weighted by molar-refractivity contribution is 5.84. The molecule has 1 atom stereocenters. The van der Waals surface area contributed by atoms with Crippen molar-refractivity contribution in [2.75, 3.05) is 6.61 Å². The molecule has 0 aliphatic heterocycles. The van der Waals surface area contributed by atoms with Crippen LogP contribution in [0, 0.1) is 0 Å². The van der Waals surface area contributed by atoms with Gasteiger partial charge >= 0.3 is 0 Å². The minimum Gasteiger partial charge on any atom is -0.493 e. The highest BCUT2D eigenvalue weighted by Crippen LogP contribution is 2.26. The van der Waals surface area contributed by atoms with Crippen LogP contribution >= 0.6 is 0 Å². The van der Waals surface area contributed by atoms with E-state index in [1.54, 1.807) is 25.1 Å². The van der Waals surface area contributed by atoms with Gasteiger partial charge in [0.05, 0.1) is 6.61 Å². The van der Waals surface area contributed by atoms with Gasteiger partial charge in [-0.2, -0.15) is 0 Å². The Morgan fingerprint density at radius 1 is 1.40 bits per heavy atom. The topological polar surface area (TPSA) is 46.5 Å². The molecule has 0 aliphatic carbocycles. The Balaban J connectivity index is 2.96. The first-order valence-electron chi connectivity index (χ1n) is 5.13. The van der Waals surface area contributed by atoms with E-state index >= 15 is 0 Å². The molecule has 1 aromatic rings. The summed E-state index contributed by atoms with van der Waals surface area (Å²) < 4.78 is 5.34. The maximum atomic E-state index is 11.4. The summed E-state index contributed by atoms with van der Waals surface area (Å²) in [5.41, 5.74) is 0.547. The molecule has 1 N–H and O–H groups in total. The number of benzene rings is 1. The molecule has 1 unspecified atom stereocenters. The average Bonchev–Trinajstić information content (AvgIpc) is 2.28. The first kappa shape index (κ1) is 11.7. The highest BCUT2D eigenvalue weighted by Gasteiger charge is 2.18. The van der Waals surface area contributed by atoms with Gasteiger partial charge in [-0.15, -0.1) is 0 Å². The van der Waals surface area contributed by atoms with Crippen LogP contribution in [0.4, 0.5) is 0 Å². The van der Waals surface area contributed by atoms with E-state index in [9.17, 15) is 9.90 Å². The third-order valence-corrected chi connectivity index (χ3v) is 2.17. The van der Waals surface area contributed by atoms with Crippen LogP contribution in [0.25, 0.3) is 0 Å². The lowest BCUT2D eigenvalue weighted by molar-refractivity contribution is -0.127. The predicted octanol–water partition coefficient (Wildman–Crippen LogP) is 2.10. The summed E-state index contributed by atoms with van der Waals surface area (Å²) in [6.07, 6.45) is -0.750. The van der Waals surface area contributed by atoms with E-state index in [4.69, 9.17) is 4.74 Å². The van der Waals surface area contributed by atoms with Crippen LogP contribution in [-0.4, -0.2) is 17.5 Å². The van der Waals surface area contributed by atoms with Crippen LogP contribution < -0.4 is 4.74 Å². The third-order valence-electron chi connectivity index (χ3n) is 2.17. The fraction of sp³-hybridized carbons (Fsp3) is 0.417. The third kappa shape index (κ3) is 2.80. The van der Waals surface area contributed by atoms with E-state index in [0.717, 1.165) is 0 Å². The van der Waals surface area contributed by atoms with Crippen molar-refractivity contribution in [1.82, 2.24) is 0 Å². The molecule has 0 aliphatic rings. The van der Waals surface area contributed by atoms with E-state index < -0.39 is 6.10 Å². The number of Topliss-reactive ketones (excluding diaryl/α,β-unsaturated/α-hetero) is 1. The Bertz CT molecular complexity index is 333. The van der Waals surface area contributed by atoms with Gasteiger partial charge in [-0.3, -0.25) is 4.79 Å². The Hall–Kier alpha value is -1.35. The van der Waals surface area contributed by atoms with Gasteiger partial charge in [0.15, 0.2) is 5.78 Å². The summed E-state index contributed by atoms with van der Waals surface area (Å²) in [6, 6.07) is 7.07. The SMILES string of the molecule is CCOc1ccccc1C(O)C(=O)CC. The van der Waals surface area contributed by atoms with Gasteiger partial charge in [0.2, 0.25) is 0 Å². The smallest absolute Gasteiger partial charge is 0.165 e. The normalized spacial score (nSPS) is 12.2. The Kier molecular flexibility index (Phi) is 4.31. The van der Waals surface area contributed by atoms with Crippen LogP contribution in [0.3, 0.4) is 0 Å². The van der Waals surface area contributed by atoms with Gasteiger partial charge in [-0.05, 0) is 13.0 Å². The van der Waals surface area contributed by atoms with Crippen molar-refractivity contribution >= 4 is 5.78 Å². The molecule has 0 fully saturated rings. The summed E-state index contributed by atoms with van der Waals surface area (Å²) in [4.78, 5) is 11.4. The van der Waals surface area contributed by atoms with E-state index in [1.807, 2.05) is 13.0 Å². The molecule has 1 aromatic carbocycles. The number of hydrogen-bond acceptors (Lipinski definition) is 3. The molecule has 1 rings (SSSR count). The number of carbonyl (C=O) groups is 1.